The van der Waals surface area contributed by atoms with Crippen molar-refractivity contribution >= 4 is 35.4 Å². The second-order valence-electron chi connectivity index (χ2n) is 0.372. The van der Waals surface area contributed by atoms with E-state index in [1.54, 1.807) is 0 Å². The SMILES string of the molecule is O=COCCl.[AlH3]. The summed E-state index contributed by atoms with van der Waals surface area (Å²) in [6.07, 6.45) is 0. The molecule has 0 bridgehead atoms. The summed E-state index contributed by atoms with van der Waals surface area (Å²) < 4.78 is 3.92. The topological polar surface area (TPSA) is 26.3 Å². The molecule has 0 amide bonds. The van der Waals surface area contributed by atoms with Gasteiger partial charge in [-0.15, -0.1) is 0 Å². The zero-order valence-electron chi connectivity index (χ0n) is 2.48. The van der Waals surface area contributed by atoms with E-state index in [9.17, 15) is 0 Å². The summed E-state index contributed by atoms with van der Waals surface area (Å²) >= 11 is 4.85. The van der Waals surface area contributed by atoms with Crippen LogP contribution in [0.15, 0.2) is 0 Å². The fourth-order valence-electron chi connectivity index (χ4n) is 0.0257. The van der Waals surface area contributed by atoms with E-state index in [-0.39, 0.29) is 23.4 Å². The molecule has 6 heavy (non-hydrogen) atoms. The number of carbonyl (C=O) groups excluding carboxylic acids is 1. The van der Waals surface area contributed by atoms with Crippen LogP contribution in [0.1, 0.15) is 0 Å². The minimum Gasteiger partial charge on any atom is -0.452 e. The molecule has 0 unspecified atom stereocenters. The Balaban J connectivity index is 0. The van der Waals surface area contributed by atoms with Crippen molar-refractivity contribution < 1.29 is 9.53 Å². The third-order valence-electron chi connectivity index (χ3n) is 0.131. The monoisotopic (exact) mass is 124 g/mol. The van der Waals surface area contributed by atoms with E-state index in [0.29, 0.717) is 6.47 Å². The average molecular weight is 125 g/mol. The molecule has 0 radical (unpaired) electrons. The first-order valence-electron chi connectivity index (χ1n) is 1.03. The fourth-order valence-corrected chi connectivity index (χ4v) is 0.0772. The van der Waals surface area contributed by atoms with E-state index in [4.69, 9.17) is 16.4 Å². The van der Waals surface area contributed by atoms with Crippen molar-refractivity contribution in [3.8, 4) is 0 Å². The lowest BCUT2D eigenvalue weighted by Crippen LogP contribution is -1.77. The van der Waals surface area contributed by atoms with Crippen molar-refractivity contribution in [3.63, 3.8) is 0 Å². The second-order valence-corrected chi connectivity index (χ2v) is 0.590. The van der Waals surface area contributed by atoms with Crippen LogP contribution < -0.4 is 0 Å². The molecule has 4 heteroatoms. The predicted octanol–water partition coefficient (Wildman–Crippen LogP) is -0.828. The molecule has 36 valence electrons. The Bertz CT molecular complexity index is 32.7. The highest BCUT2D eigenvalue weighted by Crippen LogP contribution is 1.68. The highest BCUT2D eigenvalue weighted by atomic mass is 35.5. The minimum atomic E-state index is -0.0521. The molecule has 0 saturated heterocycles. The summed E-state index contributed by atoms with van der Waals surface area (Å²) in [6.45, 7) is 0.299. The lowest BCUT2D eigenvalue weighted by Gasteiger charge is -1.77. The van der Waals surface area contributed by atoms with Crippen LogP contribution in [0.2, 0.25) is 0 Å². The van der Waals surface area contributed by atoms with Gasteiger partial charge in [0.1, 0.15) is 0 Å². The lowest BCUT2D eigenvalue weighted by molar-refractivity contribution is -0.126. The van der Waals surface area contributed by atoms with Crippen molar-refractivity contribution in [1.29, 1.82) is 0 Å². The zero-order valence-corrected chi connectivity index (χ0v) is 3.23. The molecule has 0 aromatic heterocycles. The van der Waals surface area contributed by atoms with Gasteiger partial charge in [0.05, 0.1) is 0 Å². The Labute approximate surface area is 51.6 Å². The van der Waals surface area contributed by atoms with Gasteiger partial charge >= 0.3 is 0 Å². The molecule has 0 aliphatic carbocycles. The van der Waals surface area contributed by atoms with E-state index < -0.39 is 0 Å². The quantitative estimate of drug-likeness (QED) is 0.273. The maximum Gasteiger partial charge on any atom is 0.294 e. The van der Waals surface area contributed by atoms with E-state index in [0.717, 1.165) is 0 Å². The van der Waals surface area contributed by atoms with Crippen LogP contribution in [-0.4, -0.2) is 29.9 Å². The third-order valence-corrected chi connectivity index (χ3v) is 0.257. The van der Waals surface area contributed by atoms with Gasteiger partial charge in [-0.3, -0.25) is 4.79 Å². The van der Waals surface area contributed by atoms with Crippen molar-refractivity contribution in [2.45, 2.75) is 0 Å². The highest BCUT2D eigenvalue weighted by molar-refractivity contribution is 6.17. The van der Waals surface area contributed by atoms with Gasteiger partial charge in [0.15, 0.2) is 23.4 Å². The van der Waals surface area contributed by atoms with Gasteiger partial charge in [-0.1, -0.05) is 11.6 Å². The van der Waals surface area contributed by atoms with E-state index in [1.165, 1.54) is 0 Å². The molecule has 0 aromatic rings. The molecule has 0 aromatic carbocycles. The molecule has 0 atom stereocenters. The molecule has 0 aliphatic rings. The van der Waals surface area contributed by atoms with Gasteiger partial charge in [0.25, 0.3) is 6.47 Å². The van der Waals surface area contributed by atoms with Crippen LogP contribution in [0.5, 0.6) is 0 Å². The summed E-state index contributed by atoms with van der Waals surface area (Å²) in [5.74, 6) is 0. The number of hydrogen-bond donors (Lipinski definition) is 0. The van der Waals surface area contributed by atoms with E-state index >= 15 is 0 Å². The van der Waals surface area contributed by atoms with Crippen LogP contribution in [-0.2, 0) is 9.53 Å². The molecule has 0 fully saturated rings. The summed E-state index contributed by atoms with van der Waals surface area (Å²) in [5.41, 5.74) is 0. The number of alkyl halides is 1. The molecule has 0 aliphatic heterocycles. The van der Waals surface area contributed by atoms with Crippen molar-refractivity contribution in [2.24, 2.45) is 0 Å². The number of ether oxygens (including phenoxy) is 1. The van der Waals surface area contributed by atoms with Gasteiger partial charge in [0.2, 0.25) is 0 Å². The van der Waals surface area contributed by atoms with Gasteiger partial charge in [-0.25, -0.2) is 0 Å². The fraction of sp³-hybridized carbons (Fsp3) is 0.500. The normalized spacial score (nSPS) is 5.50. The summed E-state index contributed by atoms with van der Waals surface area (Å²) in [4.78, 5) is 9.10. The largest absolute Gasteiger partial charge is 0.452 e. The summed E-state index contributed by atoms with van der Waals surface area (Å²) in [7, 11) is 0. The Kier molecular flexibility index (Phi) is 14.3. The van der Waals surface area contributed by atoms with Gasteiger partial charge in [-0.05, 0) is 0 Å². The highest BCUT2D eigenvalue weighted by Gasteiger charge is 1.63. The molecular formula is C2H6AlClO2. The standard InChI is InChI=1S/C2H3ClO2.Al.3H/c3-1-5-2-4;;;;/h2H,1H2;;;;. The van der Waals surface area contributed by atoms with E-state index in [2.05, 4.69) is 4.74 Å². The molecule has 0 saturated carbocycles. The molecule has 0 N–H and O–H groups in total. The van der Waals surface area contributed by atoms with Gasteiger partial charge < -0.3 is 4.74 Å². The molecular weight excluding hydrogens is 118 g/mol. The maximum atomic E-state index is 9.10. The average Bonchev–Trinajstić information content (AvgIpc) is 1.41. The van der Waals surface area contributed by atoms with Crippen LogP contribution in [0.4, 0.5) is 0 Å². The first-order chi connectivity index (χ1) is 2.41. The van der Waals surface area contributed by atoms with Crippen LogP contribution in [0.25, 0.3) is 0 Å². The Morgan fingerprint density at radius 1 is 1.83 bits per heavy atom. The first kappa shape index (κ1) is 9.57. The van der Waals surface area contributed by atoms with Crippen molar-refractivity contribution in [3.05, 3.63) is 0 Å². The van der Waals surface area contributed by atoms with Crippen LogP contribution in [0.3, 0.4) is 0 Å². The van der Waals surface area contributed by atoms with Crippen LogP contribution >= 0.6 is 11.6 Å². The van der Waals surface area contributed by atoms with Gasteiger partial charge in [0, 0.05) is 0 Å². The van der Waals surface area contributed by atoms with E-state index in [1.807, 2.05) is 0 Å². The maximum absolute atomic E-state index is 9.10. The van der Waals surface area contributed by atoms with Crippen molar-refractivity contribution in [2.75, 3.05) is 6.07 Å². The number of halogens is 1. The van der Waals surface area contributed by atoms with Gasteiger partial charge in [-0.2, -0.15) is 0 Å². The van der Waals surface area contributed by atoms with Crippen LogP contribution in [0, 0.1) is 0 Å². The first-order valence-corrected chi connectivity index (χ1v) is 1.56. The number of carbonyl (C=O) groups is 1. The number of hydrogen-bond acceptors (Lipinski definition) is 2. The Morgan fingerprint density at radius 3 is 2.33 bits per heavy atom. The minimum absolute atomic E-state index is 0. The summed E-state index contributed by atoms with van der Waals surface area (Å²) in [5, 5.41) is 0. The molecule has 0 rings (SSSR count). The predicted molar refractivity (Wildman–Crippen MR) is 27.8 cm³/mol. The Morgan fingerprint density at radius 2 is 2.33 bits per heavy atom. The Hall–Kier alpha value is 0.292. The van der Waals surface area contributed by atoms with Crippen molar-refractivity contribution in [1.82, 2.24) is 0 Å². The second kappa shape index (κ2) is 9.00. The molecule has 0 heterocycles. The molecule has 2 nitrogen and oxygen atoms in total. The lowest BCUT2D eigenvalue weighted by atomic mass is 11.5. The number of rotatable bonds is 2. The zero-order chi connectivity index (χ0) is 4.12. The smallest absolute Gasteiger partial charge is 0.294 e. The summed E-state index contributed by atoms with van der Waals surface area (Å²) in [6, 6.07) is -0.0521. The molecule has 0 spiro atoms. The third kappa shape index (κ3) is 8.85.